The SMILES string of the molecule is Cc1cc(CN2CCN(C(=O)OC(C)C)[C@@H](C)C2)c(C)c(N=C=S)c1. The lowest BCUT2D eigenvalue weighted by molar-refractivity contribution is 0.0349. The van der Waals surface area contributed by atoms with E-state index < -0.39 is 0 Å². The van der Waals surface area contributed by atoms with Crippen molar-refractivity contribution in [3.05, 3.63) is 28.8 Å². The number of hydrogen-bond donors (Lipinski definition) is 0. The van der Waals surface area contributed by atoms with Gasteiger partial charge in [-0.05, 0) is 69.6 Å². The maximum absolute atomic E-state index is 12.2. The molecule has 1 aliphatic heterocycles. The molecule has 1 saturated heterocycles. The molecule has 2 rings (SSSR count). The van der Waals surface area contributed by atoms with Crippen molar-refractivity contribution >= 4 is 29.2 Å². The van der Waals surface area contributed by atoms with Crippen LogP contribution in [0, 0.1) is 13.8 Å². The Kier molecular flexibility index (Phi) is 6.71. The largest absolute Gasteiger partial charge is 0.447 e. The first-order valence-corrected chi connectivity index (χ1v) is 9.10. The summed E-state index contributed by atoms with van der Waals surface area (Å²) >= 11 is 4.75. The van der Waals surface area contributed by atoms with Crippen molar-refractivity contribution in [1.82, 2.24) is 9.80 Å². The van der Waals surface area contributed by atoms with Crippen LogP contribution in [0.2, 0.25) is 0 Å². The Hall–Kier alpha value is -1.75. The third-order valence-electron chi connectivity index (χ3n) is 4.47. The Labute approximate surface area is 155 Å². The smallest absolute Gasteiger partial charge is 0.410 e. The number of benzene rings is 1. The first kappa shape index (κ1) is 19.6. The predicted molar refractivity (Wildman–Crippen MR) is 104 cm³/mol. The van der Waals surface area contributed by atoms with Crippen LogP contribution in [-0.4, -0.2) is 52.8 Å². The minimum absolute atomic E-state index is 0.0900. The van der Waals surface area contributed by atoms with E-state index in [0.717, 1.165) is 36.4 Å². The molecule has 0 radical (unpaired) electrons. The van der Waals surface area contributed by atoms with E-state index in [1.807, 2.05) is 24.8 Å². The first-order valence-electron chi connectivity index (χ1n) is 8.69. The summed E-state index contributed by atoms with van der Waals surface area (Å²) in [5, 5.41) is 2.46. The van der Waals surface area contributed by atoms with E-state index in [2.05, 4.69) is 41.9 Å². The maximum atomic E-state index is 12.2. The van der Waals surface area contributed by atoms with Crippen LogP contribution >= 0.6 is 12.2 Å². The molecule has 5 nitrogen and oxygen atoms in total. The number of ether oxygens (including phenoxy) is 1. The molecule has 1 heterocycles. The maximum Gasteiger partial charge on any atom is 0.410 e. The number of piperazine rings is 1. The lowest BCUT2D eigenvalue weighted by Crippen LogP contribution is -2.54. The number of hydrogen-bond acceptors (Lipinski definition) is 5. The molecule has 0 unspecified atom stereocenters. The molecule has 1 fully saturated rings. The van der Waals surface area contributed by atoms with E-state index in [1.54, 1.807) is 0 Å². The summed E-state index contributed by atoms with van der Waals surface area (Å²) in [5.74, 6) is 0. The average molecular weight is 362 g/mol. The fourth-order valence-electron chi connectivity index (χ4n) is 3.20. The van der Waals surface area contributed by atoms with Gasteiger partial charge in [0.05, 0.1) is 17.0 Å². The second kappa shape index (κ2) is 8.56. The van der Waals surface area contributed by atoms with Gasteiger partial charge in [-0.25, -0.2) is 4.79 Å². The van der Waals surface area contributed by atoms with Crippen molar-refractivity contribution in [2.24, 2.45) is 4.99 Å². The minimum atomic E-state index is -0.216. The molecule has 136 valence electrons. The van der Waals surface area contributed by atoms with Gasteiger partial charge in [0.15, 0.2) is 0 Å². The molecule has 1 atom stereocenters. The molecule has 6 heteroatoms. The van der Waals surface area contributed by atoms with Crippen molar-refractivity contribution in [2.75, 3.05) is 19.6 Å². The molecule has 0 bridgehead atoms. The van der Waals surface area contributed by atoms with Gasteiger partial charge < -0.3 is 9.64 Å². The molecule has 1 amide bonds. The van der Waals surface area contributed by atoms with Gasteiger partial charge in [0.1, 0.15) is 0 Å². The molecular weight excluding hydrogens is 334 g/mol. The normalized spacial score (nSPS) is 18.2. The monoisotopic (exact) mass is 361 g/mol. The second-order valence-corrected chi connectivity index (χ2v) is 7.16. The van der Waals surface area contributed by atoms with E-state index in [-0.39, 0.29) is 18.2 Å². The molecule has 1 aromatic rings. The molecule has 0 spiro atoms. The molecule has 25 heavy (non-hydrogen) atoms. The fraction of sp³-hybridized carbons (Fsp3) is 0.579. The van der Waals surface area contributed by atoms with Gasteiger partial charge in [-0.2, -0.15) is 4.99 Å². The fourth-order valence-corrected chi connectivity index (χ4v) is 3.30. The van der Waals surface area contributed by atoms with Gasteiger partial charge in [-0.1, -0.05) is 6.07 Å². The Morgan fingerprint density at radius 2 is 2.12 bits per heavy atom. The van der Waals surface area contributed by atoms with Crippen molar-refractivity contribution in [3.8, 4) is 0 Å². The van der Waals surface area contributed by atoms with Crippen LogP contribution in [-0.2, 0) is 11.3 Å². The van der Waals surface area contributed by atoms with E-state index in [1.165, 1.54) is 5.56 Å². The molecule has 0 saturated carbocycles. The van der Waals surface area contributed by atoms with Gasteiger partial charge in [0.2, 0.25) is 0 Å². The Morgan fingerprint density at radius 1 is 1.40 bits per heavy atom. The lowest BCUT2D eigenvalue weighted by atomic mass is 10.0. The highest BCUT2D eigenvalue weighted by atomic mass is 32.1. The number of aryl methyl sites for hydroxylation is 1. The highest BCUT2D eigenvalue weighted by Gasteiger charge is 2.29. The number of nitrogens with zero attached hydrogens (tertiary/aromatic N) is 3. The van der Waals surface area contributed by atoms with Crippen LogP contribution in [0.5, 0.6) is 0 Å². The Balaban J connectivity index is 2.06. The van der Waals surface area contributed by atoms with E-state index >= 15 is 0 Å². The zero-order valence-electron chi connectivity index (χ0n) is 15.7. The third-order valence-corrected chi connectivity index (χ3v) is 4.57. The predicted octanol–water partition coefficient (Wildman–Crippen LogP) is 4.09. The number of aliphatic imine (C=N–C) groups is 1. The molecule has 0 aliphatic carbocycles. The highest BCUT2D eigenvalue weighted by Crippen LogP contribution is 2.26. The Bertz CT molecular complexity index is 683. The summed E-state index contributed by atoms with van der Waals surface area (Å²) in [7, 11) is 0. The van der Waals surface area contributed by atoms with E-state index in [0.29, 0.717) is 6.54 Å². The molecule has 0 N–H and O–H groups in total. The average Bonchev–Trinajstić information content (AvgIpc) is 2.51. The number of rotatable bonds is 4. The van der Waals surface area contributed by atoms with Gasteiger partial charge in [0, 0.05) is 32.2 Å². The summed E-state index contributed by atoms with van der Waals surface area (Å²) in [6.07, 6.45) is -0.306. The summed E-state index contributed by atoms with van der Waals surface area (Å²) in [6.45, 7) is 13.1. The summed E-state index contributed by atoms with van der Waals surface area (Å²) in [6, 6.07) is 4.35. The molecule has 1 aliphatic rings. The first-order chi connectivity index (χ1) is 11.8. The van der Waals surface area contributed by atoms with E-state index in [9.17, 15) is 4.79 Å². The van der Waals surface area contributed by atoms with Crippen LogP contribution in [0.1, 0.15) is 37.5 Å². The molecule has 1 aromatic carbocycles. The minimum Gasteiger partial charge on any atom is -0.447 e. The summed E-state index contributed by atoms with van der Waals surface area (Å²) in [5.41, 5.74) is 4.43. The lowest BCUT2D eigenvalue weighted by Gasteiger charge is -2.39. The topological polar surface area (TPSA) is 45.1 Å². The van der Waals surface area contributed by atoms with Crippen LogP contribution in [0.3, 0.4) is 0 Å². The third kappa shape index (κ3) is 5.11. The van der Waals surface area contributed by atoms with E-state index in [4.69, 9.17) is 17.0 Å². The summed E-state index contributed by atoms with van der Waals surface area (Å²) < 4.78 is 5.33. The zero-order chi connectivity index (χ0) is 18.6. The number of carbonyl (C=O) groups excluding carboxylic acids is 1. The van der Waals surface area contributed by atoms with Crippen LogP contribution < -0.4 is 0 Å². The molecular formula is C19H27N3O2S. The van der Waals surface area contributed by atoms with Gasteiger partial charge in [0.25, 0.3) is 0 Å². The Morgan fingerprint density at radius 3 is 2.72 bits per heavy atom. The highest BCUT2D eigenvalue weighted by molar-refractivity contribution is 7.78. The number of isothiocyanates is 1. The van der Waals surface area contributed by atoms with Crippen molar-refractivity contribution in [3.63, 3.8) is 0 Å². The van der Waals surface area contributed by atoms with Crippen LogP contribution in [0.4, 0.5) is 10.5 Å². The number of amides is 1. The second-order valence-electron chi connectivity index (χ2n) is 6.98. The van der Waals surface area contributed by atoms with Crippen LogP contribution in [0.25, 0.3) is 0 Å². The van der Waals surface area contributed by atoms with Gasteiger partial charge >= 0.3 is 6.09 Å². The zero-order valence-corrected chi connectivity index (χ0v) is 16.5. The van der Waals surface area contributed by atoms with Crippen molar-refractivity contribution < 1.29 is 9.53 Å². The van der Waals surface area contributed by atoms with Crippen molar-refractivity contribution in [2.45, 2.75) is 53.3 Å². The summed E-state index contributed by atoms with van der Waals surface area (Å²) in [4.78, 5) is 20.5. The standard InChI is InChI=1S/C19H27N3O2S/c1-13(2)24-19(23)22-7-6-21(10-15(22)4)11-17-8-14(3)9-18(16(17)5)20-12-25/h8-9,13,15H,6-7,10-11H2,1-5H3/t15-/m0/s1. The van der Waals surface area contributed by atoms with Crippen molar-refractivity contribution in [1.29, 1.82) is 0 Å². The quantitative estimate of drug-likeness (QED) is 0.598. The van der Waals surface area contributed by atoms with Gasteiger partial charge in [-0.3, -0.25) is 4.90 Å². The number of thiocarbonyl (C=S) groups is 1. The van der Waals surface area contributed by atoms with Crippen LogP contribution in [0.15, 0.2) is 17.1 Å². The number of carbonyl (C=O) groups is 1. The molecule has 0 aromatic heterocycles. The van der Waals surface area contributed by atoms with Gasteiger partial charge in [-0.15, -0.1) is 0 Å².